The maximum atomic E-state index is 13.7. The molecule has 160 valence electrons. The number of nitrogens with one attached hydrogen (secondary N) is 2. The average Bonchev–Trinajstić information content (AvgIpc) is 2.81. The third-order valence-corrected chi connectivity index (χ3v) is 6.88. The highest BCUT2D eigenvalue weighted by Crippen LogP contribution is 2.37. The van der Waals surface area contributed by atoms with Crippen LogP contribution in [-0.4, -0.2) is 29.4 Å². The first kappa shape index (κ1) is 19.2. The summed E-state index contributed by atoms with van der Waals surface area (Å²) in [6, 6.07) is 13.4. The Labute approximate surface area is 186 Å². The molecule has 1 heterocycles. The van der Waals surface area contributed by atoms with E-state index in [1.54, 1.807) is 18.2 Å². The van der Waals surface area contributed by atoms with Gasteiger partial charge in [0.2, 0.25) is 23.3 Å². The molecule has 1 saturated carbocycles. The number of carbonyl (C=O) groups excluding carboxylic acids is 2. The number of benzene rings is 2. The molecule has 0 saturated heterocycles. The third kappa shape index (κ3) is 2.95. The fraction of sp³-hybridized carbons (Fsp3) is 0.296. The summed E-state index contributed by atoms with van der Waals surface area (Å²) < 4.78 is 6.32. The van der Waals surface area contributed by atoms with Crippen LogP contribution in [0.15, 0.2) is 65.4 Å². The zero-order chi connectivity index (χ0) is 21.8. The van der Waals surface area contributed by atoms with Crippen molar-refractivity contribution in [2.24, 2.45) is 0 Å². The van der Waals surface area contributed by atoms with Gasteiger partial charge in [0.15, 0.2) is 11.5 Å². The molecule has 5 heteroatoms. The number of allylic oxidation sites excluding steroid dienone is 1. The molecule has 0 aromatic heterocycles. The summed E-state index contributed by atoms with van der Waals surface area (Å²) >= 11 is 0. The lowest BCUT2D eigenvalue weighted by Gasteiger charge is -2.33. The molecule has 32 heavy (non-hydrogen) atoms. The maximum absolute atomic E-state index is 13.7. The Balaban J connectivity index is 1.52. The quantitative estimate of drug-likeness (QED) is 0.776. The molecule has 0 bridgehead atoms. The van der Waals surface area contributed by atoms with Crippen molar-refractivity contribution in [3.63, 3.8) is 0 Å². The molecule has 0 radical (unpaired) electrons. The summed E-state index contributed by atoms with van der Waals surface area (Å²) in [4.78, 5) is 30.8. The molecule has 1 unspecified atom stereocenters. The number of rotatable bonds is 2. The number of Topliss-reactive ketones (excluding diaryl/α,β-unsaturated/α-hetero) is 2. The van der Waals surface area contributed by atoms with Crippen LogP contribution in [0.25, 0.3) is 0 Å². The lowest BCUT2D eigenvalue weighted by molar-refractivity contribution is -0.363. The fourth-order valence-electron chi connectivity index (χ4n) is 5.29. The van der Waals surface area contributed by atoms with Crippen molar-refractivity contribution in [3.05, 3.63) is 82.1 Å². The van der Waals surface area contributed by atoms with E-state index in [4.69, 9.17) is 4.74 Å². The molecular formula is C27H25N2O3+. The minimum atomic E-state index is -0.447. The van der Waals surface area contributed by atoms with E-state index in [2.05, 4.69) is 10.3 Å². The highest BCUT2D eigenvalue weighted by Gasteiger charge is 2.46. The predicted molar refractivity (Wildman–Crippen MR) is 121 cm³/mol. The predicted octanol–water partition coefficient (Wildman–Crippen LogP) is 3.10. The zero-order valence-electron chi connectivity index (χ0n) is 18.0. The van der Waals surface area contributed by atoms with Gasteiger partial charge in [-0.1, -0.05) is 49.6 Å². The third-order valence-electron chi connectivity index (χ3n) is 6.88. The molecule has 0 amide bonds. The van der Waals surface area contributed by atoms with Crippen LogP contribution in [0.2, 0.25) is 0 Å². The number of ether oxygens (including phenoxy) is 1. The van der Waals surface area contributed by atoms with E-state index in [0.717, 1.165) is 35.5 Å². The molecule has 6 rings (SSSR count). The minimum Gasteiger partial charge on any atom is -0.468 e. The highest BCUT2D eigenvalue weighted by atomic mass is 16.5. The van der Waals surface area contributed by atoms with Gasteiger partial charge in [0.25, 0.3) is 0 Å². The molecule has 5 nitrogen and oxygen atoms in total. The van der Waals surface area contributed by atoms with Crippen LogP contribution < -0.4 is 15.0 Å². The van der Waals surface area contributed by atoms with Gasteiger partial charge >= 0.3 is 0 Å². The molecule has 1 aliphatic heterocycles. The topological polar surface area (TPSA) is 69.4 Å². The summed E-state index contributed by atoms with van der Waals surface area (Å²) in [5.74, 6) is 0.516. The smallest absolute Gasteiger partial charge is 0.246 e. The second kappa shape index (κ2) is 7.30. The van der Waals surface area contributed by atoms with Crippen LogP contribution in [0.3, 0.4) is 0 Å². The van der Waals surface area contributed by atoms with Crippen molar-refractivity contribution in [1.82, 2.24) is 5.32 Å². The monoisotopic (exact) mass is 425 g/mol. The summed E-state index contributed by atoms with van der Waals surface area (Å²) in [5, 5.41) is 3.61. The summed E-state index contributed by atoms with van der Waals surface area (Å²) in [7, 11) is 0. The largest absolute Gasteiger partial charge is 0.468 e. The SMILES string of the molecule is Cc1ccc2c(c1)[NH+]=C1C3=C(C(=O)c4ccccc4C3=O)C(NC3CCCCC3)=CC1O2. The number of fused-ring (bicyclic) bond motifs is 4. The van der Waals surface area contributed by atoms with Crippen LogP contribution in [-0.2, 0) is 0 Å². The van der Waals surface area contributed by atoms with Gasteiger partial charge in [-0.05, 0) is 37.5 Å². The van der Waals surface area contributed by atoms with Crippen molar-refractivity contribution in [2.75, 3.05) is 0 Å². The van der Waals surface area contributed by atoms with Gasteiger partial charge in [0.05, 0.1) is 5.57 Å². The molecule has 2 N–H and O–H groups in total. The molecule has 4 aliphatic rings. The van der Waals surface area contributed by atoms with Crippen LogP contribution in [0, 0.1) is 6.92 Å². The van der Waals surface area contributed by atoms with Crippen LogP contribution in [0.4, 0.5) is 5.69 Å². The van der Waals surface area contributed by atoms with E-state index in [1.165, 1.54) is 19.3 Å². The van der Waals surface area contributed by atoms with E-state index in [-0.39, 0.29) is 11.6 Å². The Morgan fingerprint density at radius 3 is 2.41 bits per heavy atom. The maximum Gasteiger partial charge on any atom is 0.246 e. The van der Waals surface area contributed by atoms with Crippen molar-refractivity contribution in [3.8, 4) is 5.75 Å². The molecule has 2 aromatic rings. The first-order valence-corrected chi connectivity index (χ1v) is 11.4. The lowest BCUT2D eigenvalue weighted by Crippen LogP contribution is -2.73. The van der Waals surface area contributed by atoms with Gasteiger partial charge in [-0.2, -0.15) is 0 Å². The van der Waals surface area contributed by atoms with Crippen LogP contribution >= 0.6 is 0 Å². The first-order chi connectivity index (χ1) is 15.6. The molecule has 2 aromatic carbocycles. The van der Waals surface area contributed by atoms with E-state index in [9.17, 15) is 9.59 Å². The summed E-state index contributed by atoms with van der Waals surface area (Å²) in [5.41, 5.74) is 5.13. The van der Waals surface area contributed by atoms with E-state index in [0.29, 0.717) is 34.0 Å². The molecule has 3 aliphatic carbocycles. The number of aryl methyl sites for hydroxylation is 1. The van der Waals surface area contributed by atoms with E-state index < -0.39 is 6.10 Å². The highest BCUT2D eigenvalue weighted by molar-refractivity contribution is 6.39. The Morgan fingerprint density at radius 1 is 0.938 bits per heavy atom. The summed E-state index contributed by atoms with van der Waals surface area (Å²) in [6.45, 7) is 2.02. The van der Waals surface area contributed by atoms with Gasteiger partial charge in [0, 0.05) is 28.9 Å². The number of carbonyl (C=O) groups is 2. The van der Waals surface area contributed by atoms with Crippen molar-refractivity contribution >= 4 is 23.0 Å². The molecular weight excluding hydrogens is 400 g/mol. The van der Waals surface area contributed by atoms with Crippen LogP contribution in [0.1, 0.15) is 58.4 Å². The number of ketones is 2. The Morgan fingerprint density at radius 2 is 1.66 bits per heavy atom. The van der Waals surface area contributed by atoms with Gasteiger partial charge in [-0.25, -0.2) is 4.99 Å². The van der Waals surface area contributed by atoms with Crippen molar-refractivity contribution in [1.29, 1.82) is 0 Å². The Kier molecular flexibility index (Phi) is 4.39. The average molecular weight is 426 g/mol. The molecule has 1 atom stereocenters. The van der Waals surface area contributed by atoms with Gasteiger partial charge in [0.1, 0.15) is 5.57 Å². The number of hydrogen-bond acceptors (Lipinski definition) is 4. The van der Waals surface area contributed by atoms with E-state index >= 15 is 0 Å². The molecule has 0 spiro atoms. The van der Waals surface area contributed by atoms with E-state index in [1.807, 2.05) is 37.3 Å². The van der Waals surface area contributed by atoms with Gasteiger partial charge in [-0.15, -0.1) is 0 Å². The van der Waals surface area contributed by atoms with Crippen LogP contribution in [0.5, 0.6) is 5.75 Å². The lowest BCUT2D eigenvalue weighted by atomic mass is 9.76. The van der Waals surface area contributed by atoms with Crippen molar-refractivity contribution in [2.45, 2.75) is 51.2 Å². The standard InChI is InChI=1S/C27H24N2O3/c1-15-11-12-21-19(13-15)29-25-22(32-21)14-20(28-16-7-3-2-4-8-16)23-24(25)27(31)18-10-6-5-9-17(18)26(23)30/h5-6,9-14,16,22,28H,2-4,7-8H2,1H3/p+1. The second-order valence-electron chi connectivity index (χ2n) is 9.09. The van der Waals surface area contributed by atoms with Crippen molar-refractivity contribution < 1.29 is 19.3 Å². The zero-order valence-corrected chi connectivity index (χ0v) is 18.0. The fourth-order valence-corrected chi connectivity index (χ4v) is 5.29. The first-order valence-electron chi connectivity index (χ1n) is 11.4. The molecule has 1 fully saturated rings. The normalized spacial score (nSPS) is 22.1. The second-order valence-corrected chi connectivity index (χ2v) is 9.09. The summed E-state index contributed by atoms with van der Waals surface area (Å²) in [6.07, 6.45) is 7.27. The van der Waals surface area contributed by atoms with Gasteiger partial charge < -0.3 is 10.1 Å². The number of hydrogen-bond donors (Lipinski definition) is 2. The van der Waals surface area contributed by atoms with Gasteiger partial charge in [-0.3, -0.25) is 9.59 Å². The Bertz CT molecular complexity index is 1260. The Hall–Kier alpha value is -3.47. The minimum absolute atomic E-state index is 0.104.